The Morgan fingerprint density at radius 1 is 1.38 bits per heavy atom. The fourth-order valence-electron chi connectivity index (χ4n) is 0.899. The number of hydrogen-bond acceptors (Lipinski definition) is 6. The standard InChI is InChI=1S/C7H8N4S2/c8-2-1-6-10-11-7(13-6)5-3-9-4-12-5/h3-4H,1-2,8H2. The lowest BCUT2D eigenvalue weighted by atomic mass is 10.5. The first-order valence-electron chi connectivity index (χ1n) is 3.81. The molecule has 6 heteroatoms. The van der Waals surface area contributed by atoms with Crippen molar-refractivity contribution in [1.82, 2.24) is 15.2 Å². The smallest absolute Gasteiger partial charge is 0.159 e. The van der Waals surface area contributed by atoms with E-state index in [0.29, 0.717) is 6.54 Å². The zero-order valence-corrected chi connectivity index (χ0v) is 8.44. The molecule has 13 heavy (non-hydrogen) atoms. The van der Waals surface area contributed by atoms with Crippen LogP contribution in [0.5, 0.6) is 0 Å². The van der Waals surface area contributed by atoms with E-state index in [1.54, 1.807) is 34.4 Å². The lowest BCUT2D eigenvalue weighted by Crippen LogP contribution is -2.01. The topological polar surface area (TPSA) is 64.7 Å². The molecule has 2 heterocycles. The van der Waals surface area contributed by atoms with E-state index in [0.717, 1.165) is 21.3 Å². The quantitative estimate of drug-likeness (QED) is 0.829. The van der Waals surface area contributed by atoms with E-state index in [4.69, 9.17) is 5.73 Å². The van der Waals surface area contributed by atoms with Gasteiger partial charge in [0, 0.05) is 12.6 Å². The summed E-state index contributed by atoms with van der Waals surface area (Å²) < 4.78 is 0. The van der Waals surface area contributed by atoms with Gasteiger partial charge in [-0.25, -0.2) is 0 Å². The van der Waals surface area contributed by atoms with Crippen molar-refractivity contribution in [2.75, 3.05) is 6.54 Å². The molecule has 2 rings (SSSR count). The molecule has 0 aliphatic rings. The number of aromatic nitrogens is 3. The minimum Gasteiger partial charge on any atom is -0.330 e. The Labute approximate surface area is 83.5 Å². The molecule has 2 aromatic rings. The van der Waals surface area contributed by atoms with Crippen LogP contribution in [0.25, 0.3) is 9.88 Å². The lowest BCUT2D eigenvalue weighted by Gasteiger charge is -1.85. The molecule has 2 N–H and O–H groups in total. The van der Waals surface area contributed by atoms with Crippen LogP contribution in [0.2, 0.25) is 0 Å². The predicted molar refractivity (Wildman–Crippen MR) is 53.8 cm³/mol. The molecular weight excluding hydrogens is 204 g/mol. The molecule has 0 bridgehead atoms. The van der Waals surface area contributed by atoms with Crippen LogP contribution in [0.1, 0.15) is 5.01 Å². The van der Waals surface area contributed by atoms with Crippen LogP contribution in [-0.4, -0.2) is 21.7 Å². The average molecular weight is 212 g/mol. The molecule has 0 saturated carbocycles. The van der Waals surface area contributed by atoms with Gasteiger partial charge in [0.15, 0.2) is 5.01 Å². The minimum atomic E-state index is 0.622. The molecule has 2 aromatic heterocycles. The maximum atomic E-state index is 5.42. The van der Waals surface area contributed by atoms with Gasteiger partial charge in [-0.1, -0.05) is 11.3 Å². The third-order valence-corrected chi connectivity index (χ3v) is 3.39. The number of nitrogens with zero attached hydrogens (tertiary/aromatic N) is 3. The van der Waals surface area contributed by atoms with Gasteiger partial charge in [-0.2, -0.15) is 0 Å². The summed E-state index contributed by atoms with van der Waals surface area (Å²) in [5, 5.41) is 10.0. The van der Waals surface area contributed by atoms with Crippen molar-refractivity contribution in [2.24, 2.45) is 5.73 Å². The van der Waals surface area contributed by atoms with E-state index in [2.05, 4.69) is 15.2 Å². The minimum absolute atomic E-state index is 0.622. The fraction of sp³-hybridized carbons (Fsp3) is 0.286. The van der Waals surface area contributed by atoms with Crippen molar-refractivity contribution < 1.29 is 0 Å². The van der Waals surface area contributed by atoms with E-state index in [-0.39, 0.29) is 0 Å². The maximum Gasteiger partial charge on any atom is 0.159 e. The Morgan fingerprint density at radius 3 is 3.00 bits per heavy atom. The van der Waals surface area contributed by atoms with Gasteiger partial charge in [-0.15, -0.1) is 21.5 Å². The van der Waals surface area contributed by atoms with E-state index in [1.807, 2.05) is 0 Å². The van der Waals surface area contributed by atoms with Gasteiger partial charge in [-0.05, 0) is 6.54 Å². The van der Waals surface area contributed by atoms with Crippen LogP contribution in [0.4, 0.5) is 0 Å². The third kappa shape index (κ3) is 1.90. The van der Waals surface area contributed by atoms with Gasteiger partial charge >= 0.3 is 0 Å². The van der Waals surface area contributed by atoms with Gasteiger partial charge < -0.3 is 5.73 Å². The molecule has 0 aliphatic heterocycles. The maximum absolute atomic E-state index is 5.42. The largest absolute Gasteiger partial charge is 0.330 e. The van der Waals surface area contributed by atoms with Gasteiger partial charge in [0.1, 0.15) is 5.01 Å². The SMILES string of the molecule is NCCc1nnc(-c2cncs2)s1. The molecule has 0 unspecified atom stereocenters. The summed E-state index contributed by atoms with van der Waals surface area (Å²) >= 11 is 3.16. The molecule has 68 valence electrons. The normalized spacial score (nSPS) is 10.5. The molecular formula is C7H8N4S2. The van der Waals surface area contributed by atoms with E-state index in [1.165, 1.54) is 0 Å². The summed E-state index contributed by atoms with van der Waals surface area (Å²) in [6, 6.07) is 0. The summed E-state index contributed by atoms with van der Waals surface area (Å²) in [7, 11) is 0. The van der Waals surface area contributed by atoms with Crippen LogP contribution < -0.4 is 5.73 Å². The Bertz CT molecular complexity index is 368. The summed E-state index contributed by atoms with van der Waals surface area (Å²) in [5.41, 5.74) is 7.21. The Morgan fingerprint density at radius 2 is 2.31 bits per heavy atom. The van der Waals surface area contributed by atoms with Crippen molar-refractivity contribution in [3.63, 3.8) is 0 Å². The van der Waals surface area contributed by atoms with Gasteiger partial charge in [-0.3, -0.25) is 4.98 Å². The first-order valence-corrected chi connectivity index (χ1v) is 5.51. The summed E-state index contributed by atoms with van der Waals surface area (Å²) in [6.07, 6.45) is 2.61. The van der Waals surface area contributed by atoms with Gasteiger partial charge in [0.2, 0.25) is 0 Å². The van der Waals surface area contributed by atoms with Crippen LogP contribution >= 0.6 is 22.7 Å². The van der Waals surface area contributed by atoms with Crippen LogP contribution in [0.15, 0.2) is 11.7 Å². The zero-order chi connectivity index (χ0) is 9.10. The summed E-state index contributed by atoms with van der Waals surface area (Å²) in [4.78, 5) is 5.06. The van der Waals surface area contributed by atoms with Crippen molar-refractivity contribution in [3.8, 4) is 9.88 Å². The van der Waals surface area contributed by atoms with Crippen molar-refractivity contribution >= 4 is 22.7 Å². The Balaban J connectivity index is 2.23. The lowest BCUT2D eigenvalue weighted by molar-refractivity contribution is 0.914. The Kier molecular flexibility index (Phi) is 2.62. The second-order valence-corrected chi connectivity index (χ2v) is 4.35. The second-order valence-electron chi connectivity index (χ2n) is 2.41. The van der Waals surface area contributed by atoms with Crippen LogP contribution in [-0.2, 0) is 6.42 Å². The van der Waals surface area contributed by atoms with Crippen molar-refractivity contribution in [3.05, 3.63) is 16.7 Å². The highest BCUT2D eigenvalue weighted by Gasteiger charge is 2.06. The third-order valence-electron chi connectivity index (χ3n) is 1.47. The van der Waals surface area contributed by atoms with Crippen molar-refractivity contribution in [2.45, 2.75) is 6.42 Å². The Hall–Kier alpha value is -0.850. The molecule has 0 atom stereocenters. The number of nitrogens with two attached hydrogens (primary N) is 1. The van der Waals surface area contributed by atoms with E-state index in [9.17, 15) is 0 Å². The highest BCUT2D eigenvalue weighted by Crippen LogP contribution is 2.26. The van der Waals surface area contributed by atoms with Gasteiger partial charge in [0.25, 0.3) is 0 Å². The van der Waals surface area contributed by atoms with Gasteiger partial charge in [0.05, 0.1) is 10.4 Å². The van der Waals surface area contributed by atoms with Crippen molar-refractivity contribution in [1.29, 1.82) is 0 Å². The van der Waals surface area contributed by atoms with E-state index >= 15 is 0 Å². The summed E-state index contributed by atoms with van der Waals surface area (Å²) in [6.45, 7) is 0.622. The molecule has 0 amide bonds. The monoisotopic (exact) mass is 212 g/mol. The average Bonchev–Trinajstić information content (AvgIpc) is 2.70. The molecule has 0 spiro atoms. The number of thiazole rings is 1. The fourth-order valence-corrected chi connectivity index (χ4v) is 2.43. The zero-order valence-electron chi connectivity index (χ0n) is 6.80. The number of rotatable bonds is 3. The molecule has 0 radical (unpaired) electrons. The molecule has 0 aliphatic carbocycles. The molecule has 0 saturated heterocycles. The summed E-state index contributed by atoms with van der Waals surface area (Å²) in [5.74, 6) is 0. The number of hydrogen-bond donors (Lipinski definition) is 1. The molecule has 0 aromatic carbocycles. The highest BCUT2D eigenvalue weighted by atomic mass is 32.1. The first kappa shape index (κ1) is 8.74. The predicted octanol–water partition coefficient (Wildman–Crippen LogP) is 1.16. The molecule has 0 fully saturated rings. The first-order chi connectivity index (χ1) is 6.40. The molecule has 4 nitrogen and oxygen atoms in total. The second kappa shape index (κ2) is 3.91. The van der Waals surface area contributed by atoms with E-state index < -0.39 is 0 Å². The van der Waals surface area contributed by atoms with Crippen LogP contribution in [0, 0.1) is 0 Å². The highest BCUT2D eigenvalue weighted by molar-refractivity contribution is 7.20. The van der Waals surface area contributed by atoms with Crippen LogP contribution in [0.3, 0.4) is 0 Å².